The Labute approximate surface area is 239 Å². The summed E-state index contributed by atoms with van der Waals surface area (Å²) in [6.45, 7) is 23.6. The summed E-state index contributed by atoms with van der Waals surface area (Å²) in [5, 5.41) is 32.3. The summed E-state index contributed by atoms with van der Waals surface area (Å²) in [5.41, 5.74) is -1.86. The van der Waals surface area contributed by atoms with Crippen LogP contribution in [0.25, 0.3) is 0 Å². The van der Waals surface area contributed by atoms with Gasteiger partial charge in [0.05, 0.1) is 0 Å². The molecule has 0 bridgehead atoms. The first kappa shape index (κ1) is 43.0. The van der Waals surface area contributed by atoms with E-state index in [1.54, 1.807) is 20.8 Å². The summed E-state index contributed by atoms with van der Waals surface area (Å²) in [6.07, 6.45) is 7.01. The van der Waals surface area contributed by atoms with Crippen LogP contribution in [0, 0.1) is 34.0 Å². The molecule has 3 unspecified atom stereocenters. The fraction of sp³-hybridized carbons (Fsp3) is 0.900. The topological polar surface area (TPSA) is 120 Å². The molecule has 219 valence electrons. The molecule has 7 heteroatoms. The van der Waals surface area contributed by atoms with E-state index in [0.29, 0.717) is 37.0 Å². The SMILES string of the molecule is CCC(C)(CCC(C)C)C(=O)[O-].CCC(C)(CCC(C)C)C(=O)[O-].CCC(C)(CCC(C)C)C(=O)[O-].[Cr+3]. The van der Waals surface area contributed by atoms with Crippen LogP contribution in [-0.2, 0) is 31.7 Å². The summed E-state index contributed by atoms with van der Waals surface area (Å²) in [6, 6.07) is 0. The van der Waals surface area contributed by atoms with Crippen molar-refractivity contribution in [3.8, 4) is 0 Å². The van der Waals surface area contributed by atoms with Crippen molar-refractivity contribution in [2.24, 2.45) is 34.0 Å². The van der Waals surface area contributed by atoms with Crippen molar-refractivity contribution >= 4 is 17.9 Å². The average molecular weight is 566 g/mol. The smallest absolute Gasteiger partial charge is 0.550 e. The van der Waals surface area contributed by atoms with E-state index in [9.17, 15) is 29.7 Å². The van der Waals surface area contributed by atoms with Crippen LogP contribution < -0.4 is 15.3 Å². The van der Waals surface area contributed by atoms with Crippen LogP contribution in [0.5, 0.6) is 0 Å². The van der Waals surface area contributed by atoms with Gasteiger partial charge in [-0.3, -0.25) is 0 Å². The molecule has 0 N–H and O–H groups in total. The number of carboxylic acid groups (broad SMARTS) is 3. The molecule has 0 aromatic rings. The zero-order chi connectivity index (χ0) is 29.3. The van der Waals surface area contributed by atoms with E-state index in [1.807, 2.05) is 20.8 Å². The van der Waals surface area contributed by atoms with Crippen molar-refractivity contribution in [3.63, 3.8) is 0 Å². The molecule has 0 rings (SSSR count). The Balaban J connectivity index is -0.000000218. The van der Waals surface area contributed by atoms with Crippen LogP contribution in [0.2, 0.25) is 0 Å². The first-order valence-corrected chi connectivity index (χ1v) is 13.9. The van der Waals surface area contributed by atoms with E-state index < -0.39 is 34.2 Å². The van der Waals surface area contributed by atoms with Crippen LogP contribution in [-0.4, -0.2) is 17.9 Å². The third-order valence-electron chi connectivity index (χ3n) is 7.64. The van der Waals surface area contributed by atoms with Crippen LogP contribution >= 0.6 is 0 Å². The van der Waals surface area contributed by atoms with Crippen LogP contribution in [0.1, 0.15) is 141 Å². The van der Waals surface area contributed by atoms with Gasteiger partial charge in [0.1, 0.15) is 0 Å². The Morgan fingerprint density at radius 2 is 0.676 bits per heavy atom. The van der Waals surface area contributed by atoms with E-state index in [0.717, 1.165) is 38.5 Å². The molecule has 0 saturated carbocycles. The molecule has 0 aliphatic carbocycles. The molecule has 0 fully saturated rings. The quantitative estimate of drug-likeness (QED) is 0.282. The first-order chi connectivity index (χ1) is 16.3. The van der Waals surface area contributed by atoms with Gasteiger partial charge in [-0.15, -0.1) is 0 Å². The molecular weight excluding hydrogens is 508 g/mol. The van der Waals surface area contributed by atoms with Gasteiger partial charge in [-0.2, -0.15) is 0 Å². The predicted molar refractivity (Wildman–Crippen MR) is 142 cm³/mol. The zero-order valence-corrected chi connectivity index (χ0v) is 27.2. The van der Waals surface area contributed by atoms with E-state index in [-0.39, 0.29) is 17.4 Å². The summed E-state index contributed by atoms with van der Waals surface area (Å²) in [7, 11) is 0. The molecule has 0 aliphatic heterocycles. The second-order valence-electron chi connectivity index (χ2n) is 12.4. The van der Waals surface area contributed by atoms with Crippen molar-refractivity contribution in [1.82, 2.24) is 0 Å². The molecule has 0 spiro atoms. The normalized spacial score (nSPS) is 15.6. The minimum Gasteiger partial charge on any atom is -0.550 e. The number of rotatable bonds is 15. The van der Waals surface area contributed by atoms with Gasteiger partial charge < -0.3 is 29.7 Å². The van der Waals surface area contributed by atoms with Gasteiger partial charge in [0.15, 0.2) is 0 Å². The van der Waals surface area contributed by atoms with Crippen LogP contribution in [0.3, 0.4) is 0 Å². The van der Waals surface area contributed by atoms with E-state index >= 15 is 0 Å². The third kappa shape index (κ3) is 19.6. The Morgan fingerprint density at radius 3 is 0.757 bits per heavy atom. The van der Waals surface area contributed by atoms with Gasteiger partial charge in [0, 0.05) is 34.2 Å². The molecule has 0 saturated heterocycles. The fourth-order valence-electron chi connectivity index (χ4n) is 3.09. The standard InChI is InChI=1S/3C10H20O2.Cr/c3*1-5-10(4,9(11)12)7-6-8(2)3;/h3*8H,5-7H2,1-4H3,(H,11,12);/q;;;+3/p-3. The molecular formula is C30H57CrO6. The number of carbonyl (C=O) groups is 3. The molecule has 0 heterocycles. The first-order valence-electron chi connectivity index (χ1n) is 13.9. The molecule has 0 amide bonds. The van der Waals surface area contributed by atoms with Crippen molar-refractivity contribution in [3.05, 3.63) is 0 Å². The van der Waals surface area contributed by atoms with Crippen LogP contribution in [0.4, 0.5) is 0 Å². The van der Waals surface area contributed by atoms with E-state index in [4.69, 9.17) is 0 Å². The van der Waals surface area contributed by atoms with Gasteiger partial charge in [0.2, 0.25) is 0 Å². The van der Waals surface area contributed by atoms with Gasteiger partial charge in [-0.05, 0) is 56.3 Å². The summed E-state index contributed by atoms with van der Waals surface area (Å²) < 4.78 is 0. The minimum atomic E-state index is -0.911. The van der Waals surface area contributed by atoms with E-state index in [2.05, 4.69) is 41.5 Å². The van der Waals surface area contributed by atoms with Crippen LogP contribution in [0.15, 0.2) is 0 Å². The number of carbonyl (C=O) groups excluding carboxylic acids is 3. The molecule has 3 atom stereocenters. The predicted octanol–water partition coefficient (Wildman–Crippen LogP) is 4.76. The maximum atomic E-state index is 10.8. The Morgan fingerprint density at radius 1 is 0.514 bits per heavy atom. The van der Waals surface area contributed by atoms with Crippen molar-refractivity contribution in [2.75, 3.05) is 0 Å². The second kappa shape index (κ2) is 20.8. The summed E-state index contributed by atoms with van der Waals surface area (Å²) in [5.74, 6) is -1.04. The maximum absolute atomic E-state index is 10.8. The van der Waals surface area contributed by atoms with Gasteiger partial charge >= 0.3 is 17.4 Å². The Kier molecular flexibility index (Phi) is 24.2. The molecule has 0 aromatic carbocycles. The molecule has 6 nitrogen and oxygen atoms in total. The Bertz CT molecular complexity index is 548. The number of aliphatic carboxylic acids is 3. The largest absolute Gasteiger partial charge is 3.00 e. The van der Waals surface area contributed by atoms with E-state index in [1.165, 1.54) is 0 Å². The van der Waals surface area contributed by atoms with Crippen molar-refractivity contribution in [2.45, 2.75) is 141 Å². The van der Waals surface area contributed by atoms with Crippen molar-refractivity contribution < 1.29 is 47.1 Å². The Hall–Kier alpha value is -1.06. The molecule has 0 aliphatic rings. The summed E-state index contributed by atoms with van der Waals surface area (Å²) in [4.78, 5) is 32.3. The third-order valence-corrected chi connectivity index (χ3v) is 7.64. The molecule has 37 heavy (non-hydrogen) atoms. The molecule has 0 aromatic heterocycles. The van der Waals surface area contributed by atoms with Gasteiger partial charge in [0.25, 0.3) is 0 Å². The van der Waals surface area contributed by atoms with Crippen molar-refractivity contribution in [1.29, 1.82) is 0 Å². The second-order valence-corrected chi connectivity index (χ2v) is 12.4. The molecule has 1 radical (unpaired) electrons. The maximum Gasteiger partial charge on any atom is 3.00 e. The average Bonchev–Trinajstić information content (AvgIpc) is 2.79. The number of hydrogen-bond donors (Lipinski definition) is 0. The monoisotopic (exact) mass is 565 g/mol. The van der Waals surface area contributed by atoms with Gasteiger partial charge in [-0.25, -0.2) is 0 Å². The zero-order valence-electron chi connectivity index (χ0n) is 26.0. The summed E-state index contributed by atoms with van der Waals surface area (Å²) >= 11 is 0. The fourth-order valence-corrected chi connectivity index (χ4v) is 3.09. The minimum absolute atomic E-state index is 0. The number of carboxylic acids is 3. The number of hydrogen-bond acceptors (Lipinski definition) is 6. The van der Waals surface area contributed by atoms with Gasteiger partial charge in [-0.1, -0.05) is 102 Å².